The summed E-state index contributed by atoms with van der Waals surface area (Å²) in [5, 5.41) is 0. The molecule has 0 aromatic heterocycles. The van der Waals surface area contributed by atoms with E-state index in [9.17, 15) is 0 Å². The van der Waals surface area contributed by atoms with Gasteiger partial charge in [0.2, 0.25) is 0 Å². The molecular formula is C9H18S. The molecule has 2 unspecified atom stereocenters. The van der Waals surface area contributed by atoms with Gasteiger partial charge in [-0.1, -0.05) is 20.3 Å². The molecule has 1 aliphatic rings. The molecule has 0 radical (unpaired) electrons. The van der Waals surface area contributed by atoms with Gasteiger partial charge in [0.1, 0.15) is 0 Å². The van der Waals surface area contributed by atoms with Gasteiger partial charge in [0.25, 0.3) is 0 Å². The minimum atomic E-state index is 0.626. The van der Waals surface area contributed by atoms with Crippen molar-refractivity contribution in [3.63, 3.8) is 0 Å². The Balaban J connectivity index is 2.41. The van der Waals surface area contributed by atoms with Gasteiger partial charge in [-0.2, -0.15) is 11.8 Å². The van der Waals surface area contributed by atoms with Gasteiger partial charge >= 0.3 is 0 Å². The monoisotopic (exact) mass is 158 g/mol. The lowest BCUT2D eigenvalue weighted by Crippen LogP contribution is -2.13. The first-order valence-electron chi connectivity index (χ1n) is 4.25. The summed E-state index contributed by atoms with van der Waals surface area (Å²) >= 11 is 2.05. The van der Waals surface area contributed by atoms with Crippen LogP contribution in [0.5, 0.6) is 0 Å². The topological polar surface area (TPSA) is 0 Å². The van der Waals surface area contributed by atoms with Gasteiger partial charge in [0.15, 0.2) is 0 Å². The summed E-state index contributed by atoms with van der Waals surface area (Å²) in [6, 6.07) is 0. The van der Waals surface area contributed by atoms with E-state index in [0.717, 1.165) is 5.92 Å². The van der Waals surface area contributed by atoms with Gasteiger partial charge in [0.05, 0.1) is 0 Å². The molecular weight excluding hydrogens is 140 g/mol. The highest BCUT2D eigenvalue weighted by atomic mass is 32.2. The minimum absolute atomic E-state index is 0.626. The van der Waals surface area contributed by atoms with Crippen LogP contribution in [0.25, 0.3) is 0 Å². The Labute approximate surface area is 68.8 Å². The van der Waals surface area contributed by atoms with Crippen LogP contribution < -0.4 is 0 Å². The van der Waals surface area contributed by atoms with Crippen molar-refractivity contribution in [3.8, 4) is 0 Å². The second-order valence-electron chi connectivity index (χ2n) is 3.67. The Kier molecular flexibility index (Phi) is 2.67. The van der Waals surface area contributed by atoms with Gasteiger partial charge in [-0.05, 0) is 31.4 Å². The zero-order valence-electron chi connectivity index (χ0n) is 7.31. The average Bonchev–Trinajstić information content (AvgIpc) is 2.33. The molecule has 0 aliphatic heterocycles. The van der Waals surface area contributed by atoms with Crippen molar-refractivity contribution in [3.05, 3.63) is 0 Å². The maximum Gasteiger partial charge on any atom is 0.0131 e. The van der Waals surface area contributed by atoms with Crippen molar-refractivity contribution in [2.24, 2.45) is 5.92 Å². The van der Waals surface area contributed by atoms with Crippen LogP contribution in [0.2, 0.25) is 0 Å². The molecule has 1 aliphatic carbocycles. The highest BCUT2D eigenvalue weighted by molar-refractivity contribution is 7.99. The molecule has 0 spiro atoms. The van der Waals surface area contributed by atoms with Crippen LogP contribution in [0.15, 0.2) is 0 Å². The summed E-state index contributed by atoms with van der Waals surface area (Å²) in [6.45, 7) is 4.73. The first-order chi connectivity index (χ1) is 4.70. The quantitative estimate of drug-likeness (QED) is 0.594. The van der Waals surface area contributed by atoms with E-state index in [-0.39, 0.29) is 0 Å². The lowest BCUT2D eigenvalue weighted by molar-refractivity contribution is 0.515. The summed E-state index contributed by atoms with van der Waals surface area (Å²) in [5.41, 5.74) is 0. The Morgan fingerprint density at radius 1 is 1.60 bits per heavy atom. The fraction of sp³-hybridized carbons (Fsp3) is 1.00. The molecule has 0 amide bonds. The van der Waals surface area contributed by atoms with Crippen LogP contribution in [-0.2, 0) is 0 Å². The Hall–Kier alpha value is 0.350. The molecule has 0 nitrogen and oxygen atoms in total. The van der Waals surface area contributed by atoms with E-state index in [2.05, 4.69) is 31.9 Å². The van der Waals surface area contributed by atoms with Gasteiger partial charge in [-0.3, -0.25) is 0 Å². The lowest BCUT2D eigenvalue weighted by Gasteiger charge is -2.20. The predicted octanol–water partition coefficient (Wildman–Crippen LogP) is 3.32. The molecule has 0 bridgehead atoms. The fourth-order valence-electron chi connectivity index (χ4n) is 1.86. The van der Waals surface area contributed by atoms with Crippen LogP contribution in [0.1, 0.15) is 39.5 Å². The smallest absolute Gasteiger partial charge is 0.0131 e. The Morgan fingerprint density at radius 3 is 2.60 bits per heavy atom. The number of hydrogen-bond donors (Lipinski definition) is 0. The highest BCUT2D eigenvalue weighted by Gasteiger charge is 2.32. The zero-order chi connectivity index (χ0) is 7.61. The second kappa shape index (κ2) is 3.17. The van der Waals surface area contributed by atoms with E-state index < -0.39 is 0 Å². The first-order valence-corrected chi connectivity index (χ1v) is 5.48. The minimum Gasteiger partial charge on any atom is -0.159 e. The molecule has 0 heterocycles. The van der Waals surface area contributed by atoms with Gasteiger partial charge in [0, 0.05) is 4.75 Å². The molecule has 1 saturated carbocycles. The Morgan fingerprint density at radius 2 is 2.30 bits per heavy atom. The molecule has 2 atom stereocenters. The van der Waals surface area contributed by atoms with Crippen LogP contribution >= 0.6 is 11.8 Å². The molecule has 60 valence electrons. The van der Waals surface area contributed by atoms with Crippen molar-refractivity contribution in [1.29, 1.82) is 0 Å². The lowest BCUT2D eigenvalue weighted by atomic mass is 10.0. The van der Waals surface area contributed by atoms with Crippen LogP contribution in [0, 0.1) is 5.92 Å². The summed E-state index contributed by atoms with van der Waals surface area (Å²) in [7, 11) is 0. The number of rotatable bonds is 2. The van der Waals surface area contributed by atoms with Crippen molar-refractivity contribution in [2.45, 2.75) is 44.3 Å². The summed E-state index contributed by atoms with van der Waals surface area (Å²) in [4.78, 5) is 0. The average molecular weight is 158 g/mol. The van der Waals surface area contributed by atoms with E-state index in [1.807, 2.05) is 0 Å². The third kappa shape index (κ3) is 1.69. The van der Waals surface area contributed by atoms with Crippen molar-refractivity contribution in [1.82, 2.24) is 0 Å². The standard InChI is InChI=1S/C9H18S/c1-4-8-5-6-9(2,7-8)10-3/h8H,4-7H2,1-3H3. The summed E-state index contributed by atoms with van der Waals surface area (Å²) < 4.78 is 0.626. The number of hydrogen-bond acceptors (Lipinski definition) is 1. The molecule has 0 saturated heterocycles. The van der Waals surface area contributed by atoms with Crippen LogP contribution in [0.3, 0.4) is 0 Å². The maximum absolute atomic E-state index is 2.41. The Bertz CT molecular complexity index is 111. The maximum atomic E-state index is 2.41. The zero-order valence-corrected chi connectivity index (χ0v) is 8.13. The van der Waals surface area contributed by atoms with Crippen LogP contribution in [-0.4, -0.2) is 11.0 Å². The SMILES string of the molecule is CCC1CCC(C)(SC)C1. The van der Waals surface area contributed by atoms with E-state index in [0.29, 0.717) is 4.75 Å². The van der Waals surface area contributed by atoms with Crippen molar-refractivity contribution in [2.75, 3.05) is 6.26 Å². The first kappa shape index (κ1) is 8.45. The third-order valence-corrected chi connectivity index (χ3v) is 4.23. The summed E-state index contributed by atoms with van der Waals surface area (Å²) in [5.74, 6) is 1.03. The summed E-state index contributed by atoms with van der Waals surface area (Å²) in [6.07, 6.45) is 7.99. The number of thioether (sulfide) groups is 1. The molecule has 0 aromatic carbocycles. The van der Waals surface area contributed by atoms with Gasteiger partial charge in [-0.25, -0.2) is 0 Å². The van der Waals surface area contributed by atoms with Crippen molar-refractivity contribution < 1.29 is 0 Å². The van der Waals surface area contributed by atoms with Crippen molar-refractivity contribution >= 4 is 11.8 Å². The van der Waals surface area contributed by atoms with Crippen LogP contribution in [0.4, 0.5) is 0 Å². The van der Waals surface area contributed by atoms with E-state index in [1.54, 1.807) is 0 Å². The molecule has 1 heteroatoms. The largest absolute Gasteiger partial charge is 0.159 e. The predicted molar refractivity (Wildman–Crippen MR) is 49.6 cm³/mol. The highest BCUT2D eigenvalue weighted by Crippen LogP contribution is 2.43. The van der Waals surface area contributed by atoms with E-state index in [4.69, 9.17) is 0 Å². The second-order valence-corrected chi connectivity index (χ2v) is 5.06. The normalized spacial score (nSPS) is 40.5. The van der Waals surface area contributed by atoms with Gasteiger partial charge in [-0.15, -0.1) is 0 Å². The molecule has 1 fully saturated rings. The molecule has 0 N–H and O–H groups in total. The fourth-order valence-corrected chi connectivity index (χ4v) is 2.58. The third-order valence-electron chi connectivity index (χ3n) is 2.87. The molecule has 0 aromatic rings. The molecule has 1 rings (SSSR count). The molecule has 10 heavy (non-hydrogen) atoms. The van der Waals surface area contributed by atoms with E-state index >= 15 is 0 Å². The van der Waals surface area contributed by atoms with E-state index in [1.165, 1.54) is 25.7 Å². The van der Waals surface area contributed by atoms with Gasteiger partial charge < -0.3 is 0 Å².